The number of methoxy groups -OCH3 is 1. The van der Waals surface area contributed by atoms with Crippen molar-refractivity contribution in [1.29, 1.82) is 0 Å². The molecule has 4 heteroatoms. The molecule has 3 rings (SSSR count). The molecule has 0 radical (unpaired) electrons. The Morgan fingerprint density at radius 1 is 1.25 bits per heavy atom. The summed E-state index contributed by atoms with van der Waals surface area (Å²) in [4.78, 5) is 25.0. The molecule has 1 aliphatic rings. The number of ketones is 2. The number of carbonyl (C=O) groups is 2. The molecular formula is C20H22O4. The molecule has 1 heterocycles. The zero-order valence-electron chi connectivity index (χ0n) is 13.9. The SMILES string of the molecule is COc1ccc([C@@H](CC(=O)c2ccco2)[C@@H]2CCCCC2=O)cc1. The molecule has 24 heavy (non-hydrogen) atoms. The van der Waals surface area contributed by atoms with Gasteiger partial charge in [0.1, 0.15) is 11.5 Å². The number of benzene rings is 1. The first kappa shape index (κ1) is 16.5. The number of carbonyl (C=O) groups excluding carboxylic acids is 2. The fourth-order valence-electron chi connectivity index (χ4n) is 3.52. The average molecular weight is 326 g/mol. The first-order valence-electron chi connectivity index (χ1n) is 8.42. The van der Waals surface area contributed by atoms with Crippen LogP contribution in [-0.4, -0.2) is 18.7 Å². The Hall–Kier alpha value is -2.36. The highest BCUT2D eigenvalue weighted by molar-refractivity contribution is 5.94. The van der Waals surface area contributed by atoms with E-state index in [-0.39, 0.29) is 29.8 Å². The van der Waals surface area contributed by atoms with Crippen molar-refractivity contribution in [2.24, 2.45) is 5.92 Å². The zero-order chi connectivity index (χ0) is 16.9. The Morgan fingerprint density at radius 2 is 2.04 bits per heavy atom. The van der Waals surface area contributed by atoms with Crippen LogP contribution in [-0.2, 0) is 4.79 Å². The number of Topliss-reactive ketones (excluding diaryl/α,β-unsaturated/α-hetero) is 2. The molecule has 4 nitrogen and oxygen atoms in total. The third-order valence-corrected chi connectivity index (χ3v) is 4.83. The average Bonchev–Trinajstić information content (AvgIpc) is 3.15. The number of ether oxygens (including phenoxy) is 1. The van der Waals surface area contributed by atoms with Crippen molar-refractivity contribution in [3.8, 4) is 5.75 Å². The van der Waals surface area contributed by atoms with E-state index in [4.69, 9.17) is 9.15 Å². The van der Waals surface area contributed by atoms with E-state index in [2.05, 4.69) is 0 Å². The van der Waals surface area contributed by atoms with Crippen molar-refractivity contribution in [3.05, 3.63) is 54.0 Å². The van der Waals surface area contributed by atoms with Gasteiger partial charge in [-0.25, -0.2) is 0 Å². The predicted molar refractivity (Wildman–Crippen MR) is 90.4 cm³/mol. The second kappa shape index (κ2) is 7.47. The van der Waals surface area contributed by atoms with Crippen molar-refractivity contribution >= 4 is 11.6 Å². The Kier molecular flexibility index (Phi) is 5.14. The molecule has 126 valence electrons. The molecule has 0 spiro atoms. The Morgan fingerprint density at radius 3 is 2.67 bits per heavy atom. The van der Waals surface area contributed by atoms with E-state index in [0.717, 1.165) is 30.6 Å². The highest BCUT2D eigenvalue weighted by Gasteiger charge is 2.33. The molecule has 1 fully saturated rings. The van der Waals surface area contributed by atoms with Gasteiger partial charge in [0.2, 0.25) is 0 Å². The van der Waals surface area contributed by atoms with Crippen LogP contribution in [0.2, 0.25) is 0 Å². The summed E-state index contributed by atoms with van der Waals surface area (Å²) in [6.07, 6.45) is 5.25. The summed E-state index contributed by atoms with van der Waals surface area (Å²) in [5, 5.41) is 0. The van der Waals surface area contributed by atoms with Crippen molar-refractivity contribution in [1.82, 2.24) is 0 Å². The van der Waals surface area contributed by atoms with Gasteiger partial charge in [0.05, 0.1) is 13.4 Å². The van der Waals surface area contributed by atoms with Gasteiger partial charge in [0.25, 0.3) is 0 Å². The van der Waals surface area contributed by atoms with E-state index in [9.17, 15) is 9.59 Å². The molecule has 1 aliphatic carbocycles. The summed E-state index contributed by atoms with van der Waals surface area (Å²) in [7, 11) is 1.62. The summed E-state index contributed by atoms with van der Waals surface area (Å²) in [6.45, 7) is 0. The largest absolute Gasteiger partial charge is 0.497 e. The topological polar surface area (TPSA) is 56.5 Å². The third-order valence-electron chi connectivity index (χ3n) is 4.83. The summed E-state index contributed by atoms with van der Waals surface area (Å²) >= 11 is 0. The summed E-state index contributed by atoms with van der Waals surface area (Å²) in [6, 6.07) is 11.1. The molecule has 1 saturated carbocycles. The van der Waals surface area contributed by atoms with Crippen molar-refractivity contribution in [2.45, 2.75) is 38.0 Å². The van der Waals surface area contributed by atoms with Crippen LogP contribution in [0.1, 0.15) is 54.1 Å². The molecular weight excluding hydrogens is 304 g/mol. The minimum atomic E-state index is -0.110. The van der Waals surface area contributed by atoms with E-state index < -0.39 is 0 Å². The molecule has 0 bridgehead atoms. The smallest absolute Gasteiger partial charge is 0.198 e. The Balaban J connectivity index is 1.87. The van der Waals surface area contributed by atoms with Crippen LogP contribution in [0.25, 0.3) is 0 Å². The van der Waals surface area contributed by atoms with Gasteiger partial charge >= 0.3 is 0 Å². The molecule has 1 aromatic carbocycles. The minimum absolute atomic E-state index is 0.0563. The van der Waals surface area contributed by atoms with E-state index in [0.29, 0.717) is 12.2 Å². The maximum atomic E-state index is 12.5. The standard InChI is InChI=1S/C20H22O4/c1-23-15-10-8-14(9-11-15)17(16-5-2-3-6-18(16)21)13-19(22)20-7-4-12-24-20/h4,7-12,16-17H,2-3,5-6,13H2,1H3/t16-,17+/m0/s1. The van der Waals surface area contributed by atoms with E-state index in [1.54, 1.807) is 19.2 Å². The monoisotopic (exact) mass is 326 g/mol. The Bertz CT molecular complexity index is 685. The van der Waals surface area contributed by atoms with Crippen LogP contribution >= 0.6 is 0 Å². The van der Waals surface area contributed by atoms with Crippen molar-refractivity contribution < 1.29 is 18.7 Å². The first-order chi connectivity index (χ1) is 11.7. The molecule has 1 aromatic heterocycles. The van der Waals surface area contributed by atoms with Crippen LogP contribution < -0.4 is 4.74 Å². The zero-order valence-corrected chi connectivity index (χ0v) is 13.9. The van der Waals surface area contributed by atoms with Crippen molar-refractivity contribution in [2.75, 3.05) is 7.11 Å². The predicted octanol–water partition coefficient (Wildman–Crippen LogP) is 4.40. The lowest BCUT2D eigenvalue weighted by atomic mass is 9.74. The first-order valence-corrected chi connectivity index (χ1v) is 8.42. The van der Waals surface area contributed by atoms with Gasteiger partial charge < -0.3 is 9.15 Å². The van der Waals surface area contributed by atoms with Gasteiger partial charge in [0.15, 0.2) is 11.5 Å². The number of furan rings is 1. The molecule has 0 amide bonds. The van der Waals surface area contributed by atoms with Gasteiger partial charge in [-0.3, -0.25) is 9.59 Å². The Labute approximate surface area is 141 Å². The fraction of sp³-hybridized carbons (Fsp3) is 0.400. The fourth-order valence-corrected chi connectivity index (χ4v) is 3.52. The number of rotatable bonds is 6. The van der Waals surface area contributed by atoms with Gasteiger partial charge in [-0.05, 0) is 42.7 Å². The second-order valence-corrected chi connectivity index (χ2v) is 6.30. The maximum absolute atomic E-state index is 12.5. The van der Waals surface area contributed by atoms with Gasteiger partial charge in [-0.2, -0.15) is 0 Å². The van der Waals surface area contributed by atoms with Crippen LogP contribution in [0.3, 0.4) is 0 Å². The number of hydrogen-bond donors (Lipinski definition) is 0. The van der Waals surface area contributed by atoms with Gasteiger partial charge in [-0.1, -0.05) is 18.6 Å². The lowest BCUT2D eigenvalue weighted by Gasteiger charge is -2.29. The normalized spacial score (nSPS) is 19.0. The molecule has 2 aromatic rings. The quantitative estimate of drug-likeness (QED) is 0.738. The molecule has 0 N–H and O–H groups in total. The molecule has 0 aliphatic heterocycles. The summed E-state index contributed by atoms with van der Waals surface area (Å²) < 4.78 is 10.4. The minimum Gasteiger partial charge on any atom is -0.497 e. The van der Waals surface area contributed by atoms with Crippen molar-refractivity contribution in [3.63, 3.8) is 0 Å². The lowest BCUT2D eigenvalue weighted by molar-refractivity contribution is -0.125. The summed E-state index contributed by atoms with van der Waals surface area (Å²) in [5.41, 5.74) is 1.01. The van der Waals surface area contributed by atoms with E-state index >= 15 is 0 Å². The lowest BCUT2D eigenvalue weighted by Crippen LogP contribution is -2.27. The van der Waals surface area contributed by atoms with E-state index in [1.165, 1.54) is 6.26 Å². The second-order valence-electron chi connectivity index (χ2n) is 6.30. The van der Waals surface area contributed by atoms with Crippen LogP contribution in [0.4, 0.5) is 0 Å². The van der Waals surface area contributed by atoms with Crippen LogP contribution in [0, 0.1) is 5.92 Å². The maximum Gasteiger partial charge on any atom is 0.198 e. The summed E-state index contributed by atoms with van der Waals surface area (Å²) in [5.74, 6) is 1.14. The molecule has 0 unspecified atom stereocenters. The van der Waals surface area contributed by atoms with Crippen LogP contribution in [0.15, 0.2) is 47.1 Å². The van der Waals surface area contributed by atoms with Crippen LogP contribution in [0.5, 0.6) is 5.75 Å². The number of hydrogen-bond acceptors (Lipinski definition) is 4. The molecule has 2 atom stereocenters. The third kappa shape index (κ3) is 3.58. The van der Waals surface area contributed by atoms with Gasteiger partial charge in [-0.15, -0.1) is 0 Å². The van der Waals surface area contributed by atoms with Gasteiger partial charge in [0, 0.05) is 24.7 Å². The molecule has 0 saturated heterocycles. The highest BCUT2D eigenvalue weighted by Crippen LogP contribution is 2.37. The van der Waals surface area contributed by atoms with E-state index in [1.807, 2.05) is 24.3 Å². The highest BCUT2D eigenvalue weighted by atomic mass is 16.5.